The number of rotatable bonds is 3. The van der Waals surface area contributed by atoms with Crippen molar-refractivity contribution in [3.8, 4) is 5.75 Å². The lowest BCUT2D eigenvalue weighted by atomic mass is 10.3. The number of nitrogens with one attached hydrogen (secondary N) is 1. The van der Waals surface area contributed by atoms with E-state index in [4.69, 9.17) is 0 Å². The molecule has 21 heavy (non-hydrogen) atoms. The van der Waals surface area contributed by atoms with Crippen LogP contribution >= 0.6 is 0 Å². The highest BCUT2D eigenvalue weighted by atomic mass is 19.4. The second-order valence-corrected chi connectivity index (χ2v) is 4.02. The maximum atomic E-state index is 12.0. The first-order valence-corrected chi connectivity index (χ1v) is 5.80. The Balaban J connectivity index is 2.05. The van der Waals surface area contributed by atoms with Crippen molar-refractivity contribution in [2.45, 2.75) is 13.3 Å². The minimum atomic E-state index is -4.75. The van der Waals surface area contributed by atoms with Crippen molar-refractivity contribution in [3.05, 3.63) is 48.0 Å². The highest BCUT2D eigenvalue weighted by Crippen LogP contribution is 2.24. The van der Waals surface area contributed by atoms with Crippen molar-refractivity contribution >= 4 is 11.6 Å². The maximum Gasteiger partial charge on any atom is 0.573 e. The summed E-state index contributed by atoms with van der Waals surface area (Å²) < 4.78 is 39.7. The van der Waals surface area contributed by atoms with Gasteiger partial charge in [-0.3, -0.25) is 4.79 Å². The molecule has 1 aromatic heterocycles. The fraction of sp³-hybridized carbons (Fsp3) is 0.154. The molecule has 0 spiro atoms. The van der Waals surface area contributed by atoms with Gasteiger partial charge in [-0.25, -0.2) is 9.97 Å². The molecule has 0 radical (unpaired) electrons. The van der Waals surface area contributed by atoms with E-state index < -0.39 is 12.3 Å². The Hall–Kier alpha value is -2.64. The van der Waals surface area contributed by atoms with Gasteiger partial charge >= 0.3 is 6.36 Å². The van der Waals surface area contributed by atoms with Gasteiger partial charge in [-0.15, -0.1) is 13.2 Å². The topological polar surface area (TPSA) is 64.1 Å². The summed E-state index contributed by atoms with van der Waals surface area (Å²) in [5, 5.41) is 2.51. The van der Waals surface area contributed by atoms with Crippen molar-refractivity contribution in [1.29, 1.82) is 0 Å². The maximum absolute atomic E-state index is 12.0. The Kier molecular flexibility index (Phi) is 4.06. The number of anilines is 1. The van der Waals surface area contributed by atoms with E-state index in [1.165, 1.54) is 24.4 Å². The van der Waals surface area contributed by atoms with Gasteiger partial charge in [0.15, 0.2) is 0 Å². The summed E-state index contributed by atoms with van der Waals surface area (Å²) in [5.41, 5.74) is 0.490. The van der Waals surface area contributed by atoms with Gasteiger partial charge in [0.05, 0.1) is 0 Å². The second-order valence-electron chi connectivity index (χ2n) is 4.02. The Bertz CT molecular complexity index is 642. The molecule has 0 aliphatic heterocycles. The number of carbonyl (C=O) groups is 1. The molecule has 0 saturated heterocycles. The van der Waals surface area contributed by atoms with E-state index in [9.17, 15) is 18.0 Å². The molecule has 0 saturated carbocycles. The van der Waals surface area contributed by atoms with Gasteiger partial charge in [0.2, 0.25) is 0 Å². The fourth-order valence-electron chi connectivity index (χ4n) is 1.52. The van der Waals surface area contributed by atoms with Gasteiger partial charge in [-0.05, 0) is 37.3 Å². The zero-order valence-corrected chi connectivity index (χ0v) is 10.8. The lowest BCUT2D eigenvalue weighted by molar-refractivity contribution is -0.274. The fourth-order valence-corrected chi connectivity index (χ4v) is 1.52. The molecule has 0 atom stereocenters. The van der Waals surface area contributed by atoms with Gasteiger partial charge < -0.3 is 10.1 Å². The molecule has 1 aromatic carbocycles. The third-order valence-electron chi connectivity index (χ3n) is 2.35. The second kappa shape index (κ2) is 5.78. The summed E-state index contributed by atoms with van der Waals surface area (Å²) in [6, 6.07) is 6.24. The number of hydrogen-bond acceptors (Lipinski definition) is 4. The van der Waals surface area contributed by atoms with Gasteiger partial charge in [0.25, 0.3) is 5.91 Å². The third-order valence-corrected chi connectivity index (χ3v) is 2.35. The molecule has 0 aliphatic carbocycles. The van der Waals surface area contributed by atoms with E-state index in [-0.39, 0.29) is 11.4 Å². The van der Waals surface area contributed by atoms with Crippen molar-refractivity contribution in [1.82, 2.24) is 9.97 Å². The number of benzene rings is 1. The van der Waals surface area contributed by atoms with Crippen molar-refractivity contribution < 1.29 is 22.7 Å². The molecule has 2 rings (SSSR count). The highest BCUT2D eigenvalue weighted by Gasteiger charge is 2.30. The zero-order chi connectivity index (χ0) is 15.5. The zero-order valence-electron chi connectivity index (χ0n) is 10.8. The van der Waals surface area contributed by atoms with Crippen LogP contribution in [0.15, 0.2) is 36.5 Å². The van der Waals surface area contributed by atoms with Crippen LogP contribution in [-0.4, -0.2) is 22.2 Å². The SMILES string of the molecule is Cc1nccc(C(=O)Nc2ccc(OC(F)(F)F)cc2)n1. The molecule has 0 bridgehead atoms. The van der Waals surface area contributed by atoms with Crippen LogP contribution in [-0.2, 0) is 0 Å². The first kappa shape index (κ1) is 14.8. The number of nitrogens with zero attached hydrogens (tertiary/aromatic N) is 2. The molecule has 0 aliphatic rings. The van der Waals surface area contributed by atoms with E-state index in [0.717, 1.165) is 12.1 Å². The Morgan fingerprint density at radius 1 is 1.19 bits per heavy atom. The van der Waals surface area contributed by atoms with Crippen LogP contribution in [0.3, 0.4) is 0 Å². The summed E-state index contributed by atoms with van der Waals surface area (Å²) in [6.45, 7) is 1.64. The number of aryl methyl sites for hydroxylation is 1. The van der Waals surface area contributed by atoms with E-state index in [0.29, 0.717) is 11.5 Å². The molecule has 0 fully saturated rings. The lowest BCUT2D eigenvalue weighted by Gasteiger charge is -2.09. The average molecular weight is 297 g/mol. The van der Waals surface area contributed by atoms with Crippen LogP contribution in [0.4, 0.5) is 18.9 Å². The van der Waals surface area contributed by atoms with Crippen molar-refractivity contribution in [2.24, 2.45) is 0 Å². The molecule has 110 valence electrons. The van der Waals surface area contributed by atoms with Crippen LogP contribution < -0.4 is 10.1 Å². The third kappa shape index (κ3) is 4.44. The molecular formula is C13H10F3N3O2. The Morgan fingerprint density at radius 3 is 2.43 bits per heavy atom. The lowest BCUT2D eigenvalue weighted by Crippen LogP contribution is -2.17. The van der Waals surface area contributed by atoms with E-state index in [1.807, 2.05) is 0 Å². The van der Waals surface area contributed by atoms with Gasteiger partial charge in [0.1, 0.15) is 17.3 Å². The number of amides is 1. The van der Waals surface area contributed by atoms with Crippen molar-refractivity contribution in [3.63, 3.8) is 0 Å². The summed E-state index contributed by atoms with van der Waals surface area (Å²) in [6.07, 6.45) is -3.30. The Labute approximate surface area is 117 Å². The summed E-state index contributed by atoms with van der Waals surface area (Å²) in [5.74, 6) is -0.403. The number of carbonyl (C=O) groups excluding carboxylic acids is 1. The molecule has 1 amide bonds. The minimum absolute atomic E-state index is 0.165. The van der Waals surface area contributed by atoms with Crippen LogP contribution in [0.25, 0.3) is 0 Å². The van der Waals surface area contributed by atoms with Gasteiger partial charge in [-0.2, -0.15) is 0 Å². The normalized spacial score (nSPS) is 11.0. The van der Waals surface area contributed by atoms with E-state index in [1.54, 1.807) is 6.92 Å². The Morgan fingerprint density at radius 2 is 1.86 bits per heavy atom. The minimum Gasteiger partial charge on any atom is -0.406 e. The predicted octanol–water partition coefficient (Wildman–Crippen LogP) is 2.94. The van der Waals surface area contributed by atoms with Crippen LogP contribution in [0.2, 0.25) is 0 Å². The molecule has 8 heteroatoms. The highest BCUT2D eigenvalue weighted by molar-refractivity contribution is 6.02. The predicted molar refractivity (Wildman–Crippen MR) is 67.8 cm³/mol. The van der Waals surface area contributed by atoms with Gasteiger partial charge in [-0.1, -0.05) is 0 Å². The molecule has 1 heterocycles. The number of ether oxygens (including phenoxy) is 1. The quantitative estimate of drug-likeness (QED) is 0.946. The number of halogens is 3. The van der Waals surface area contributed by atoms with Gasteiger partial charge in [0, 0.05) is 11.9 Å². The first-order valence-electron chi connectivity index (χ1n) is 5.80. The van der Waals surface area contributed by atoms with Crippen molar-refractivity contribution in [2.75, 3.05) is 5.32 Å². The monoisotopic (exact) mass is 297 g/mol. The largest absolute Gasteiger partial charge is 0.573 e. The molecule has 1 N–H and O–H groups in total. The summed E-state index contributed by atoms with van der Waals surface area (Å²) in [4.78, 5) is 19.7. The first-order chi connectivity index (χ1) is 9.83. The summed E-state index contributed by atoms with van der Waals surface area (Å²) >= 11 is 0. The van der Waals surface area contributed by atoms with Crippen LogP contribution in [0.5, 0.6) is 5.75 Å². The standard InChI is InChI=1S/C13H10F3N3O2/c1-8-17-7-6-11(18-8)12(20)19-9-2-4-10(5-3-9)21-13(14,15)16/h2-7H,1H3,(H,19,20). The number of hydrogen-bond donors (Lipinski definition) is 1. The average Bonchev–Trinajstić information content (AvgIpc) is 2.39. The molecular weight excluding hydrogens is 287 g/mol. The van der Waals surface area contributed by atoms with E-state index >= 15 is 0 Å². The molecule has 0 unspecified atom stereocenters. The van der Waals surface area contributed by atoms with E-state index in [2.05, 4.69) is 20.0 Å². The smallest absolute Gasteiger partial charge is 0.406 e. The summed E-state index contributed by atoms with van der Waals surface area (Å²) in [7, 11) is 0. The number of alkyl halides is 3. The number of aromatic nitrogens is 2. The molecule has 2 aromatic rings. The van der Waals surface area contributed by atoms with Crippen LogP contribution in [0.1, 0.15) is 16.3 Å². The molecule has 5 nitrogen and oxygen atoms in total. The van der Waals surface area contributed by atoms with Crippen LogP contribution in [0, 0.1) is 6.92 Å².